The number of likely N-dealkylation sites (tertiary alicyclic amines) is 1. The molecule has 1 aliphatic rings. The highest BCUT2D eigenvalue weighted by atomic mass is 16.3. The first-order valence-corrected chi connectivity index (χ1v) is 8.44. The van der Waals surface area contributed by atoms with Gasteiger partial charge in [0.15, 0.2) is 5.69 Å². The van der Waals surface area contributed by atoms with Crippen molar-refractivity contribution in [3.8, 4) is 11.6 Å². The summed E-state index contributed by atoms with van der Waals surface area (Å²) in [7, 11) is 1.51. The molecule has 140 valence electrons. The Balaban J connectivity index is 1.88. The van der Waals surface area contributed by atoms with Crippen molar-refractivity contribution >= 4 is 11.8 Å². The quantitative estimate of drug-likeness (QED) is 0.756. The lowest BCUT2D eigenvalue weighted by Gasteiger charge is -2.29. The van der Waals surface area contributed by atoms with Gasteiger partial charge in [-0.15, -0.1) is 5.10 Å². The van der Waals surface area contributed by atoms with E-state index in [0.29, 0.717) is 11.6 Å². The average Bonchev–Trinajstić information content (AvgIpc) is 3.33. The highest BCUT2D eigenvalue weighted by Crippen LogP contribution is 2.27. The third-order valence-corrected chi connectivity index (χ3v) is 4.44. The summed E-state index contributed by atoms with van der Waals surface area (Å²) >= 11 is 0. The van der Waals surface area contributed by atoms with Crippen molar-refractivity contribution < 1.29 is 19.1 Å². The molecule has 0 bridgehead atoms. The molecule has 1 unspecified atom stereocenters. The van der Waals surface area contributed by atoms with Gasteiger partial charge >= 0.3 is 0 Å². The summed E-state index contributed by atoms with van der Waals surface area (Å²) in [5.41, 5.74) is 0.415. The number of rotatable bonds is 5. The van der Waals surface area contributed by atoms with Crippen molar-refractivity contribution in [3.63, 3.8) is 0 Å². The Labute approximate surface area is 150 Å². The number of β-amino-alcohol motifs (C(OH)–C–C–N with tert-alkyl or cyclic N) is 1. The molecule has 3 heterocycles. The molecule has 1 fully saturated rings. The fourth-order valence-corrected chi connectivity index (χ4v) is 3.21. The van der Waals surface area contributed by atoms with Crippen molar-refractivity contribution in [1.82, 2.24) is 30.2 Å². The monoisotopic (exact) mass is 362 g/mol. The van der Waals surface area contributed by atoms with Gasteiger partial charge in [0.2, 0.25) is 17.7 Å². The molecule has 2 aromatic rings. The minimum atomic E-state index is -0.729. The second-order valence-electron chi connectivity index (χ2n) is 6.62. The molecule has 0 saturated carbocycles. The molecule has 0 aliphatic carbocycles. The highest BCUT2D eigenvalue weighted by molar-refractivity contribution is 5.89. The zero-order valence-electron chi connectivity index (χ0n) is 14.9. The maximum atomic E-state index is 13.2. The Kier molecular flexibility index (Phi) is 5.03. The summed E-state index contributed by atoms with van der Waals surface area (Å²) in [6, 6.07) is -1.36. The van der Waals surface area contributed by atoms with Gasteiger partial charge in [-0.1, -0.05) is 19.1 Å². The first-order chi connectivity index (χ1) is 12.4. The van der Waals surface area contributed by atoms with E-state index in [1.54, 1.807) is 6.20 Å². The van der Waals surface area contributed by atoms with Crippen LogP contribution in [0.1, 0.15) is 26.3 Å². The van der Waals surface area contributed by atoms with E-state index in [4.69, 9.17) is 4.42 Å². The molecule has 10 heteroatoms. The zero-order chi connectivity index (χ0) is 18.8. The molecule has 3 atom stereocenters. The van der Waals surface area contributed by atoms with Gasteiger partial charge in [-0.05, 0) is 5.92 Å². The fourth-order valence-electron chi connectivity index (χ4n) is 3.21. The number of nitrogens with one attached hydrogen (secondary N) is 1. The summed E-state index contributed by atoms with van der Waals surface area (Å²) in [4.78, 5) is 30.7. The number of carbonyl (C=O) groups excluding carboxylic acids is 2. The standard InChI is InChI=1S/C16H22N6O4/c1-9(2)13(22-8-11(19-20-22)15-18-4-5-26-15)16(25)21-7-10(23)6-12(21)14(24)17-3/h4-5,8-10,12-13,23H,6-7H2,1-3H3,(H,17,24)/t10-,12+,13?/m1/s1. The van der Waals surface area contributed by atoms with Crippen LogP contribution in [0.3, 0.4) is 0 Å². The van der Waals surface area contributed by atoms with Gasteiger partial charge < -0.3 is 19.7 Å². The largest absolute Gasteiger partial charge is 0.443 e. The number of likely N-dealkylation sites (N-methyl/N-ethyl adjacent to an activating group) is 1. The van der Waals surface area contributed by atoms with Crippen LogP contribution >= 0.6 is 0 Å². The van der Waals surface area contributed by atoms with E-state index in [0.717, 1.165) is 0 Å². The average molecular weight is 362 g/mol. The molecule has 10 nitrogen and oxygen atoms in total. The molecule has 2 aromatic heterocycles. The smallest absolute Gasteiger partial charge is 0.248 e. The summed E-state index contributed by atoms with van der Waals surface area (Å²) in [5, 5.41) is 20.6. The maximum absolute atomic E-state index is 13.2. The maximum Gasteiger partial charge on any atom is 0.248 e. The Morgan fingerprint density at radius 2 is 2.19 bits per heavy atom. The van der Waals surface area contributed by atoms with E-state index >= 15 is 0 Å². The van der Waals surface area contributed by atoms with E-state index in [9.17, 15) is 14.7 Å². The first kappa shape index (κ1) is 18.1. The molecule has 2 amide bonds. The van der Waals surface area contributed by atoms with Crippen LogP contribution in [0.15, 0.2) is 23.1 Å². The lowest BCUT2D eigenvalue weighted by Crippen LogP contribution is -2.48. The van der Waals surface area contributed by atoms with Crippen LogP contribution in [0, 0.1) is 5.92 Å². The number of carbonyl (C=O) groups is 2. The third-order valence-electron chi connectivity index (χ3n) is 4.44. The minimum Gasteiger partial charge on any atom is -0.443 e. The minimum absolute atomic E-state index is 0.107. The van der Waals surface area contributed by atoms with Crippen LogP contribution in [0.4, 0.5) is 0 Å². The number of hydrogen-bond donors (Lipinski definition) is 2. The molecular weight excluding hydrogens is 340 g/mol. The SMILES string of the molecule is CNC(=O)[C@@H]1C[C@@H](O)CN1C(=O)C(C(C)C)n1cc(-c2ncco2)nn1. The molecular formula is C16H22N6O4. The van der Waals surface area contributed by atoms with Crippen LogP contribution in [-0.2, 0) is 9.59 Å². The van der Waals surface area contributed by atoms with Crippen molar-refractivity contribution in [2.75, 3.05) is 13.6 Å². The number of nitrogens with zero attached hydrogens (tertiary/aromatic N) is 5. The number of aromatic nitrogens is 4. The number of aliphatic hydroxyl groups is 1. The molecule has 1 aliphatic heterocycles. The van der Waals surface area contributed by atoms with E-state index in [1.165, 1.54) is 29.1 Å². The molecule has 0 radical (unpaired) electrons. The second-order valence-corrected chi connectivity index (χ2v) is 6.62. The molecule has 26 heavy (non-hydrogen) atoms. The molecule has 3 rings (SSSR count). The van der Waals surface area contributed by atoms with Gasteiger partial charge in [0.1, 0.15) is 18.3 Å². The Morgan fingerprint density at radius 3 is 2.81 bits per heavy atom. The van der Waals surface area contributed by atoms with Crippen LogP contribution < -0.4 is 5.32 Å². The van der Waals surface area contributed by atoms with Crippen molar-refractivity contribution in [2.24, 2.45) is 5.92 Å². The number of hydrogen-bond acceptors (Lipinski definition) is 7. The molecule has 1 saturated heterocycles. The third kappa shape index (κ3) is 3.32. The van der Waals surface area contributed by atoms with Gasteiger partial charge in [0.05, 0.1) is 18.5 Å². The van der Waals surface area contributed by atoms with Crippen LogP contribution in [0.25, 0.3) is 11.6 Å². The van der Waals surface area contributed by atoms with Gasteiger partial charge in [0, 0.05) is 20.0 Å². The van der Waals surface area contributed by atoms with Crippen molar-refractivity contribution in [1.29, 1.82) is 0 Å². The predicted octanol–water partition coefficient (Wildman–Crippen LogP) is -0.162. The molecule has 2 N–H and O–H groups in total. The predicted molar refractivity (Wildman–Crippen MR) is 89.6 cm³/mol. The zero-order valence-corrected chi connectivity index (χ0v) is 14.9. The first-order valence-electron chi connectivity index (χ1n) is 8.44. The summed E-state index contributed by atoms with van der Waals surface area (Å²) in [6.07, 6.45) is 4.01. The number of oxazole rings is 1. The van der Waals surface area contributed by atoms with Gasteiger partial charge in [0.25, 0.3) is 0 Å². The topological polar surface area (TPSA) is 126 Å². The van der Waals surface area contributed by atoms with Crippen molar-refractivity contribution in [3.05, 3.63) is 18.7 Å². The van der Waals surface area contributed by atoms with Gasteiger partial charge in [-0.3, -0.25) is 9.59 Å². The van der Waals surface area contributed by atoms with Crippen molar-refractivity contribution in [2.45, 2.75) is 38.5 Å². The summed E-state index contributed by atoms with van der Waals surface area (Å²) < 4.78 is 6.66. The van der Waals surface area contributed by atoms with E-state index in [2.05, 4.69) is 20.6 Å². The molecule has 0 spiro atoms. The van der Waals surface area contributed by atoms with Crippen LogP contribution in [0.5, 0.6) is 0 Å². The van der Waals surface area contributed by atoms with Crippen LogP contribution in [-0.4, -0.2) is 67.5 Å². The lowest BCUT2D eigenvalue weighted by molar-refractivity contribution is -0.142. The molecule has 0 aromatic carbocycles. The van der Waals surface area contributed by atoms with Gasteiger partial charge in [-0.2, -0.15) is 0 Å². The number of amides is 2. The fraction of sp³-hybridized carbons (Fsp3) is 0.562. The van der Waals surface area contributed by atoms with E-state index < -0.39 is 18.2 Å². The lowest BCUT2D eigenvalue weighted by atomic mass is 10.0. The second kappa shape index (κ2) is 7.24. The highest BCUT2D eigenvalue weighted by Gasteiger charge is 2.42. The van der Waals surface area contributed by atoms with E-state index in [1.807, 2.05) is 13.8 Å². The Morgan fingerprint density at radius 1 is 1.42 bits per heavy atom. The van der Waals surface area contributed by atoms with Gasteiger partial charge in [-0.25, -0.2) is 9.67 Å². The Hall–Kier alpha value is -2.75. The number of aliphatic hydroxyl groups excluding tert-OH is 1. The van der Waals surface area contributed by atoms with Crippen LogP contribution in [0.2, 0.25) is 0 Å². The normalized spacial score (nSPS) is 21.2. The summed E-state index contributed by atoms with van der Waals surface area (Å²) in [6.45, 7) is 3.88. The Bertz CT molecular complexity index is 772. The van der Waals surface area contributed by atoms with E-state index in [-0.39, 0.29) is 30.7 Å². The summed E-state index contributed by atoms with van der Waals surface area (Å²) in [5.74, 6) is -0.374.